The zero-order valence-electron chi connectivity index (χ0n) is 11.8. The van der Waals surface area contributed by atoms with Crippen molar-refractivity contribution in [2.24, 2.45) is 5.92 Å². The first kappa shape index (κ1) is 13.0. The third kappa shape index (κ3) is 2.15. The SMILES string of the molecule is Cc1cc(F)nc2c(C(=O)NC(C)(C)C3CC3)cnn12. The van der Waals surface area contributed by atoms with E-state index in [4.69, 9.17) is 0 Å². The molecule has 1 aliphatic carbocycles. The van der Waals surface area contributed by atoms with Gasteiger partial charge in [-0.2, -0.15) is 14.5 Å². The lowest BCUT2D eigenvalue weighted by Gasteiger charge is -2.25. The summed E-state index contributed by atoms with van der Waals surface area (Å²) >= 11 is 0. The van der Waals surface area contributed by atoms with E-state index in [0.29, 0.717) is 17.2 Å². The van der Waals surface area contributed by atoms with Crippen molar-refractivity contribution < 1.29 is 9.18 Å². The van der Waals surface area contributed by atoms with Gasteiger partial charge in [0, 0.05) is 17.3 Å². The van der Waals surface area contributed by atoms with Crippen LogP contribution < -0.4 is 5.32 Å². The monoisotopic (exact) mass is 276 g/mol. The Morgan fingerprint density at radius 1 is 1.50 bits per heavy atom. The van der Waals surface area contributed by atoms with Crippen molar-refractivity contribution in [3.8, 4) is 0 Å². The van der Waals surface area contributed by atoms with Crippen LogP contribution in [0.15, 0.2) is 12.3 Å². The maximum atomic E-state index is 13.4. The van der Waals surface area contributed by atoms with Gasteiger partial charge in [0.15, 0.2) is 5.65 Å². The molecule has 106 valence electrons. The maximum absolute atomic E-state index is 13.4. The van der Waals surface area contributed by atoms with E-state index >= 15 is 0 Å². The van der Waals surface area contributed by atoms with Crippen LogP contribution in [-0.4, -0.2) is 26.0 Å². The molecule has 20 heavy (non-hydrogen) atoms. The molecule has 0 aliphatic heterocycles. The van der Waals surface area contributed by atoms with Crippen LogP contribution in [0.2, 0.25) is 0 Å². The Hall–Kier alpha value is -1.98. The summed E-state index contributed by atoms with van der Waals surface area (Å²) in [7, 11) is 0. The molecule has 6 heteroatoms. The molecule has 2 aromatic heterocycles. The fourth-order valence-corrected chi connectivity index (χ4v) is 2.50. The number of hydrogen-bond acceptors (Lipinski definition) is 3. The molecule has 1 aliphatic rings. The summed E-state index contributed by atoms with van der Waals surface area (Å²) in [5.74, 6) is -0.347. The molecule has 1 amide bonds. The summed E-state index contributed by atoms with van der Waals surface area (Å²) in [6.07, 6.45) is 3.70. The van der Waals surface area contributed by atoms with Gasteiger partial charge >= 0.3 is 0 Å². The highest BCUT2D eigenvalue weighted by molar-refractivity contribution is 6.00. The Kier molecular flexibility index (Phi) is 2.77. The van der Waals surface area contributed by atoms with Crippen molar-refractivity contribution in [1.82, 2.24) is 19.9 Å². The number of aromatic nitrogens is 3. The lowest BCUT2D eigenvalue weighted by atomic mass is 9.98. The number of nitrogens with one attached hydrogen (secondary N) is 1. The second-order valence-corrected chi connectivity index (χ2v) is 5.96. The molecule has 1 saturated carbocycles. The van der Waals surface area contributed by atoms with Gasteiger partial charge in [0.05, 0.1) is 6.20 Å². The van der Waals surface area contributed by atoms with Gasteiger partial charge < -0.3 is 5.32 Å². The van der Waals surface area contributed by atoms with E-state index in [1.165, 1.54) is 16.8 Å². The zero-order chi connectivity index (χ0) is 14.5. The van der Waals surface area contributed by atoms with E-state index in [-0.39, 0.29) is 17.1 Å². The molecule has 2 aromatic rings. The van der Waals surface area contributed by atoms with E-state index in [1.807, 2.05) is 13.8 Å². The topological polar surface area (TPSA) is 59.3 Å². The number of rotatable bonds is 3. The first-order chi connectivity index (χ1) is 9.38. The van der Waals surface area contributed by atoms with Gasteiger partial charge in [0.2, 0.25) is 5.95 Å². The van der Waals surface area contributed by atoms with Crippen molar-refractivity contribution in [1.29, 1.82) is 0 Å². The Morgan fingerprint density at radius 3 is 2.85 bits per heavy atom. The molecule has 1 fully saturated rings. The Morgan fingerprint density at radius 2 is 2.20 bits per heavy atom. The van der Waals surface area contributed by atoms with Crippen LogP contribution in [0.25, 0.3) is 5.65 Å². The average Bonchev–Trinajstić information content (AvgIpc) is 3.10. The standard InChI is InChI=1S/C14H17FN4O/c1-8-6-11(15)17-12-10(7-16-19(8)12)13(20)18-14(2,3)9-4-5-9/h6-7,9H,4-5H2,1-3H3,(H,18,20). The van der Waals surface area contributed by atoms with Crippen LogP contribution in [0.5, 0.6) is 0 Å². The molecule has 0 radical (unpaired) electrons. The zero-order valence-corrected chi connectivity index (χ0v) is 11.8. The number of amides is 1. The Labute approximate surface area is 116 Å². The van der Waals surface area contributed by atoms with Gasteiger partial charge in [0.1, 0.15) is 5.56 Å². The van der Waals surface area contributed by atoms with Crippen molar-refractivity contribution in [3.05, 3.63) is 29.5 Å². The predicted octanol–water partition coefficient (Wildman–Crippen LogP) is 2.10. The Bertz CT molecular complexity index is 688. The lowest BCUT2D eigenvalue weighted by Crippen LogP contribution is -2.45. The molecule has 0 saturated heterocycles. The first-order valence-corrected chi connectivity index (χ1v) is 6.72. The molecule has 1 N–H and O–H groups in total. The first-order valence-electron chi connectivity index (χ1n) is 6.72. The van der Waals surface area contributed by atoms with Crippen LogP contribution >= 0.6 is 0 Å². The largest absolute Gasteiger partial charge is 0.347 e. The molecule has 0 unspecified atom stereocenters. The Balaban J connectivity index is 1.95. The van der Waals surface area contributed by atoms with Crippen molar-refractivity contribution >= 4 is 11.6 Å². The van der Waals surface area contributed by atoms with E-state index < -0.39 is 5.95 Å². The number of aryl methyl sites for hydroxylation is 1. The van der Waals surface area contributed by atoms with E-state index in [2.05, 4.69) is 15.4 Å². The number of fused-ring (bicyclic) bond motifs is 1. The molecule has 0 bridgehead atoms. The van der Waals surface area contributed by atoms with Crippen LogP contribution in [0.4, 0.5) is 4.39 Å². The van der Waals surface area contributed by atoms with Gasteiger partial charge in [-0.15, -0.1) is 0 Å². The van der Waals surface area contributed by atoms with Crippen LogP contribution in [-0.2, 0) is 0 Å². The highest BCUT2D eigenvalue weighted by atomic mass is 19.1. The maximum Gasteiger partial charge on any atom is 0.257 e. The number of carbonyl (C=O) groups is 1. The van der Waals surface area contributed by atoms with E-state index in [1.54, 1.807) is 6.92 Å². The van der Waals surface area contributed by atoms with Crippen molar-refractivity contribution in [3.63, 3.8) is 0 Å². The molecule has 0 spiro atoms. The average molecular weight is 276 g/mol. The second-order valence-electron chi connectivity index (χ2n) is 5.96. The highest BCUT2D eigenvalue weighted by Crippen LogP contribution is 2.39. The summed E-state index contributed by atoms with van der Waals surface area (Å²) in [5.41, 5.74) is 0.911. The van der Waals surface area contributed by atoms with Crippen molar-refractivity contribution in [2.75, 3.05) is 0 Å². The predicted molar refractivity (Wildman–Crippen MR) is 72.0 cm³/mol. The van der Waals surface area contributed by atoms with Crippen LogP contribution in [0.1, 0.15) is 42.7 Å². The van der Waals surface area contributed by atoms with E-state index in [9.17, 15) is 9.18 Å². The fourth-order valence-electron chi connectivity index (χ4n) is 2.50. The van der Waals surface area contributed by atoms with Gasteiger partial charge in [-0.3, -0.25) is 4.79 Å². The highest BCUT2D eigenvalue weighted by Gasteiger charge is 2.39. The second kappa shape index (κ2) is 4.26. The normalized spacial score (nSPS) is 15.6. The van der Waals surface area contributed by atoms with Crippen LogP contribution in [0, 0.1) is 18.8 Å². The molecular weight excluding hydrogens is 259 g/mol. The third-order valence-electron chi connectivity index (χ3n) is 3.90. The van der Waals surface area contributed by atoms with Gasteiger partial charge in [-0.25, -0.2) is 4.52 Å². The molecule has 5 nitrogen and oxygen atoms in total. The number of halogens is 1. The van der Waals surface area contributed by atoms with Crippen molar-refractivity contribution in [2.45, 2.75) is 39.2 Å². The lowest BCUT2D eigenvalue weighted by molar-refractivity contribution is 0.0905. The van der Waals surface area contributed by atoms with Gasteiger partial charge in [-0.1, -0.05) is 0 Å². The third-order valence-corrected chi connectivity index (χ3v) is 3.90. The molecule has 0 atom stereocenters. The van der Waals surface area contributed by atoms with Crippen LogP contribution in [0.3, 0.4) is 0 Å². The fraction of sp³-hybridized carbons (Fsp3) is 0.500. The van der Waals surface area contributed by atoms with E-state index in [0.717, 1.165) is 12.8 Å². The minimum atomic E-state index is -0.606. The summed E-state index contributed by atoms with van der Waals surface area (Å²) < 4.78 is 14.9. The number of nitrogens with zero attached hydrogens (tertiary/aromatic N) is 3. The van der Waals surface area contributed by atoms with Gasteiger partial charge in [-0.05, 0) is 39.5 Å². The summed E-state index contributed by atoms with van der Waals surface area (Å²) in [5, 5.41) is 7.09. The summed E-state index contributed by atoms with van der Waals surface area (Å²) in [6.45, 7) is 5.74. The minimum Gasteiger partial charge on any atom is -0.347 e. The van der Waals surface area contributed by atoms with Gasteiger partial charge in [0.25, 0.3) is 5.91 Å². The summed E-state index contributed by atoms with van der Waals surface area (Å²) in [4.78, 5) is 16.1. The number of carbonyl (C=O) groups excluding carboxylic acids is 1. The minimum absolute atomic E-state index is 0.255. The molecule has 0 aromatic carbocycles. The number of hydrogen-bond donors (Lipinski definition) is 1. The quantitative estimate of drug-likeness (QED) is 0.873. The molecule has 2 heterocycles. The smallest absolute Gasteiger partial charge is 0.257 e. The molecule has 3 rings (SSSR count). The molecular formula is C14H17FN4O. The summed E-state index contributed by atoms with van der Waals surface area (Å²) in [6, 6.07) is 1.29.